The molecule has 0 bridgehead atoms. The van der Waals surface area contributed by atoms with E-state index in [1.807, 2.05) is 6.07 Å². The van der Waals surface area contributed by atoms with Gasteiger partial charge < -0.3 is 37.3 Å². The van der Waals surface area contributed by atoms with Crippen LogP contribution in [0.15, 0.2) is 18.2 Å². The van der Waals surface area contributed by atoms with Crippen molar-refractivity contribution in [2.75, 3.05) is 25.0 Å². The van der Waals surface area contributed by atoms with E-state index in [1.165, 1.54) is 0 Å². The first-order valence-corrected chi connectivity index (χ1v) is 9.66. The van der Waals surface area contributed by atoms with Crippen LogP contribution in [-0.2, 0) is 9.53 Å². The van der Waals surface area contributed by atoms with E-state index in [9.17, 15) is 9.59 Å². The highest BCUT2D eigenvalue weighted by Gasteiger charge is 2.26. The van der Waals surface area contributed by atoms with E-state index in [0.29, 0.717) is 30.3 Å². The standard InChI is InChI=1S/C17H25Cl2N5O4/c18-10-7-9(13-8-22-5-6-28-13)1-2-11(10)23-17(27)24-12(3-4-14(19)20)15(21)16(25)26/h1-2,7,12-15,22H,3-6,8,20-21H2,(H,25,26)(H2,23,24,27)/t12?,13?,14?,15-/m0/s1. The van der Waals surface area contributed by atoms with Gasteiger partial charge >= 0.3 is 12.0 Å². The zero-order valence-corrected chi connectivity index (χ0v) is 16.7. The molecule has 2 amide bonds. The molecular weight excluding hydrogens is 409 g/mol. The normalized spacial score (nSPS) is 20.1. The van der Waals surface area contributed by atoms with Crippen LogP contribution >= 0.6 is 23.2 Å². The lowest BCUT2D eigenvalue weighted by molar-refractivity contribution is -0.139. The van der Waals surface area contributed by atoms with Gasteiger partial charge in [0.05, 0.1) is 35.0 Å². The molecule has 0 saturated carbocycles. The number of carboxylic acids is 1. The molecule has 1 aromatic rings. The van der Waals surface area contributed by atoms with Crippen molar-refractivity contribution in [3.05, 3.63) is 28.8 Å². The van der Waals surface area contributed by atoms with Gasteiger partial charge in [0.1, 0.15) is 6.04 Å². The fourth-order valence-corrected chi connectivity index (χ4v) is 3.15. The molecule has 28 heavy (non-hydrogen) atoms. The molecule has 156 valence electrons. The summed E-state index contributed by atoms with van der Waals surface area (Å²) in [6.45, 7) is 2.10. The first-order chi connectivity index (χ1) is 13.3. The fourth-order valence-electron chi connectivity index (χ4n) is 2.79. The molecule has 0 radical (unpaired) electrons. The number of amides is 2. The summed E-state index contributed by atoms with van der Waals surface area (Å²) in [6.07, 6.45) is 0.398. The van der Waals surface area contributed by atoms with Crippen molar-refractivity contribution in [2.24, 2.45) is 11.5 Å². The summed E-state index contributed by atoms with van der Waals surface area (Å²) in [5.41, 5.74) is 11.7. The van der Waals surface area contributed by atoms with Crippen LogP contribution in [0, 0.1) is 0 Å². The zero-order valence-electron chi connectivity index (χ0n) is 15.2. The van der Waals surface area contributed by atoms with Crippen LogP contribution in [0.2, 0.25) is 5.02 Å². The number of nitrogens with one attached hydrogen (secondary N) is 3. The Kier molecular flexibility index (Phi) is 8.74. The Labute approximate surface area is 173 Å². The van der Waals surface area contributed by atoms with Gasteiger partial charge in [0.15, 0.2) is 0 Å². The van der Waals surface area contributed by atoms with Gasteiger partial charge in [0.2, 0.25) is 0 Å². The maximum atomic E-state index is 12.3. The first kappa shape index (κ1) is 22.7. The number of rotatable bonds is 8. The van der Waals surface area contributed by atoms with Crippen LogP contribution in [0.4, 0.5) is 10.5 Å². The molecule has 1 fully saturated rings. The highest BCUT2D eigenvalue weighted by Crippen LogP contribution is 2.28. The maximum Gasteiger partial charge on any atom is 0.322 e. The second-order valence-corrected chi connectivity index (χ2v) is 7.43. The number of carboxylic acid groups (broad SMARTS) is 1. The SMILES string of the molecule is NC(Cl)CCC(NC(=O)Nc1ccc(C2CNCCO2)cc1Cl)[C@H](N)C(=O)O. The highest BCUT2D eigenvalue weighted by molar-refractivity contribution is 6.33. The summed E-state index contributed by atoms with van der Waals surface area (Å²) in [7, 11) is 0. The van der Waals surface area contributed by atoms with E-state index in [1.54, 1.807) is 12.1 Å². The molecule has 0 spiro atoms. The van der Waals surface area contributed by atoms with Crippen molar-refractivity contribution >= 4 is 40.9 Å². The third-order valence-electron chi connectivity index (χ3n) is 4.33. The Morgan fingerprint density at radius 3 is 2.68 bits per heavy atom. The molecule has 1 aliphatic heterocycles. The molecule has 8 N–H and O–H groups in total. The maximum absolute atomic E-state index is 12.3. The Hall–Kier alpha value is -1.62. The average molecular weight is 434 g/mol. The van der Waals surface area contributed by atoms with Gasteiger partial charge in [0.25, 0.3) is 0 Å². The number of alkyl halides is 1. The van der Waals surface area contributed by atoms with E-state index in [-0.39, 0.29) is 12.5 Å². The molecule has 3 unspecified atom stereocenters. The minimum absolute atomic E-state index is 0.105. The Morgan fingerprint density at radius 2 is 2.11 bits per heavy atom. The van der Waals surface area contributed by atoms with Crippen molar-refractivity contribution in [1.82, 2.24) is 10.6 Å². The average Bonchev–Trinajstić information content (AvgIpc) is 2.66. The van der Waals surface area contributed by atoms with Crippen molar-refractivity contribution in [2.45, 2.75) is 36.5 Å². The lowest BCUT2D eigenvalue weighted by Crippen LogP contribution is -2.53. The largest absolute Gasteiger partial charge is 0.480 e. The van der Waals surface area contributed by atoms with Gasteiger partial charge in [0, 0.05) is 13.1 Å². The van der Waals surface area contributed by atoms with E-state index < -0.39 is 29.6 Å². The molecule has 1 heterocycles. The number of morpholine rings is 1. The number of carbonyl (C=O) groups is 2. The van der Waals surface area contributed by atoms with Gasteiger partial charge in [-0.25, -0.2) is 4.79 Å². The zero-order chi connectivity index (χ0) is 20.7. The number of nitrogens with two attached hydrogens (primary N) is 2. The number of urea groups is 1. The van der Waals surface area contributed by atoms with Crippen LogP contribution < -0.4 is 27.4 Å². The Balaban J connectivity index is 2.00. The van der Waals surface area contributed by atoms with Crippen LogP contribution in [0.1, 0.15) is 24.5 Å². The quantitative estimate of drug-likeness (QED) is 0.266. The van der Waals surface area contributed by atoms with Crippen LogP contribution in [0.25, 0.3) is 0 Å². The number of hydrogen-bond acceptors (Lipinski definition) is 6. The first-order valence-electron chi connectivity index (χ1n) is 8.85. The lowest BCUT2D eigenvalue weighted by atomic mass is 10.0. The highest BCUT2D eigenvalue weighted by atomic mass is 35.5. The summed E-state index contributed by atoms with van der Waals surface area (Å²) < 4.78 is 5.68. The Morgan fingerprint density at radius 1 is 1.36 bits per heavy atom. The van der Waals surface area contributed by atoms with Crippen molar-refractivity contribution in [1.29, 1.82) is 0 Å². The number of halogens is 2. The van der Waals surface area contributed by atoms with Crippen LogP contribution in [-0.4, -0.2) is 54.4 Å². The number of carbonyl (C=O) groups excluding carboxylic acids is 1. The van der Waals surface area contributed by atoms with Crippen molar-refractivity contribution < 1.29 is 19.4 Å². The van der Waals surface area contributed by atoms with Crippen molar-refractivity contribution in [3.63, 3.8) is 0 Å². The third kappa shape index (κ3) is 6.77. The van der Waals surface area contributed by atoms with Gasteiger partial charge in [-0.15, -0.1) is 11.6 Å². The molecule has 1 aliphatic rings. The van der Waals surface area contributed by atoms with Gasteiger partial charge in [-0.3, -0.25) is 4.79 Å². The summed E-state index contributed by atoms with van der Waals surface area (Å²) in [5.74, 6) is -1.24. The fraction of sp³-hybridized carbons (Fsp3) is 0.529. The summed E-state index contributed by atoms with van der Waals surface area (Å²) in [6, 6.07) is 2.43. The molecular formula is C17H25Cl2N5O4. The number of hydrogen-bond donors (Lipinski definition) is 6. The molecule has 1 saturated heterocycles. The minimum Gasteiger partial charge on any atom is -0.480 e. The van der Waals surface area contributed by atoms with E-state index in [4.69, 9.17) is 44.5 Å². The van der Waals surface area contributed by atoms with Gasteiger partial charge in [-0.05, 0) is 30.5 Å². The smallest absolute Gasteiger partial charge is 0.322 e. The van der Waals surface area contributed by atoms with E-state index in [2.05, 4.69) is 16.0 Å². The second-order valence-electron chi connectivity index (χ2n) is 6.47. The van der Waals surface area contributed by atoms with Gasteiger partial charge in [-0.1, -0.05) is 17.7 Å². The molecule has 1 aromatic carbocycles. The minimum atomic E-state index is -1.30. The number of aliphatic carboxylic acids is 1. The van der Waals surface area contributed by atoms with E-state index in [0.717, 1.165) is 12.1 Å². The molecule has 2 rings (SSSR count). The number of ether oxygens (including phenoxy) is 1. The number of benzene rings is 1. The molecule has 11 heteroatoms. The summed E-state index contributed by atoms with van der Waals surface area (Å²) >= 11 is 12.0. The predicted octanol–water partition coefficient (Wildman–Crippen LogP) is 1.21. The van der Waals surface area contributed by atoms with Crippen molar-refractivity contribution in [3.8, 4) is 0 Å². The topological polar surface area (TPSA) is 152 Å². The van der Waals surface area contributed by atoms with Crippen LogP contribution in [0.5, 0.6) is 0 Å². The second kappa shape index (κ2) is 10.8. The van der Waals surface area contributed by atoms with Gasteiger partial charge in [-0.2, -0.15) is 0 Å². The Bertz CT molecular complexity index is 686. The lowest BCUT2D eigenvalue weighted by Gasteiger charge is -2.25. The summed E-state index contributed by atoms with van der Waals surface area (Å²) in [4.78, 5) is 23.5. The van der Waals surface area contributed by atoms with E-state index >= 15 is 0 Å². The monoisotopic (exact) mass is 433 g/mol. The molecule has 4 atom stereocenters. The molecule has 9 nitrogen and oxygen atoms in total. The number of anilines is 1. The third-order valence-corrected chi connectivity index (χ3v) is 4.86. The summed E-state index contributed by atoms with van der Waals surface area (Å²) in [5, 5.41) is 17.8. The molecule has 0 aliphatic carbocycles. The molecule has 0 aromatic heterocycles. The van der Waals surface area contributed by atoms with Crippen LogP contribution in [0.3, 0.4) is 0 Å². The predicted molar refractivity (Wildman–Crippen MR) is 108 cm³/mol.